The van der Waals surface area contributed by atoms with E-state index >= 15 is 0 Å². The first-order valence-electron chi connectivity index (χ1n) is 6.11. The zero-order valence-corrected chi connectivity index (χ0v) is 10.0. The molecule has 1 aliphatic carbocycles. The highest BCUT2D eigenvalue weighted by Crippen LogP contribution is 2.24. The van der Waals surface area contributed by atoms with E-state index in [4.69, 9.17) is 0 Å². The van der Waals surface area contributed by atoms with E-state index in [1.165, 1.54) is 12.3 Å². The molecule has 4 heteroatoms. The summed E-state index contributed by atoms with van der Waals surface area (Å²) < 4.78 is 0. The normalized spacial score (nSPS) is 24.3. The number of aromatic nitrogens is 1. The molecule has 0 aliphatic heterocycles. The van der Waals surface area contributed by atoms with E-state index in [1.807, 2.05) is 0 Å². The third-order valence-corrected chi connectivity index (χ3v) is 3.35. The second kappa shape index (κ2) is 5.17. The van der Waals surface area contributed by atoms with E-state index < -0.39 is 0 Å². The van der Waals surface area contributed by atoms with Crippen molar-refractivity contribution in [1.29, 1.82) is 0 Å². The van der Waals surface area contributed by atoms with E-state index in [1.54, 1.807) is 6.07 Å². The van der Waals surface area contributed by atoms with Gasteiger partial charge >= 0.3 is 0 Å². The van der Waals surface area contributed by atoms with Crippen molar-refractivity contribution in [3.8, 4) is 5.75 Å². The molecule has 0 aromatic carbocycles. The van der Waals surface area contributed by atoms with E-state index in [-0.39, 0.29) is 23.4 Å². The zero-order valence-electron chi connectivity index (χ0n) is 10.0. The second-order valence-corrected chi connectivity index (χ2v) is 4.80. The van der Waals surface area contributed by atoms with Gasteiger partial charge < -0.3 is 10.4 Å². The Labute approximate surface area is 101 Å². The van der Waals surface area contributed by atoms with Gasteiger partial charge in [0, 0.05) is 12.2 Å². The molecule has 1 amide bonds. The molecule has 0 unspecified atom stereocenters. The lowest BCUT2D eigenvalue weighted by Gasteiger charge is -2.26. The van der Waals surface area contributed by atoms with Gasteiger partial charge in [-0.1, -0.05) is 6.92 Å². The van der Waals surface area contributed by atoms with Crippen LogP contribution in [-0.4, -0.2) is 22.0 Å². The maximum atomic E-state index is 11.9. The third-order valence-electron chi connectivity index (χ3n) is 3.35. The summed E-state index contributed by atoms with van der Waals surface area (Å²) in [5.74, 6) is 0.420. The lowest BCUT2D eigenvalue weighted by Crippen LogP contribution is -2.37. The first-order chi connectivity index (χ1) is 8.16. The van der Waals surface area contributed by atoms with Crippen LogP contribution >= 0.6 is 0 Å². The molecule has 1 aromatic heterocycles. The van der Waals surface area contributed by atoms with Gasteiger partial charge in [-0.2, -0.15) is 0 Å². The van der Waals surface area contributed by atoms with Crippen LogP contribution < -0.4 is 5.32 Å². The van der Waals surface area contributed by atoms with Crippen molar-refractivity contribution in [1.82, 2.24) is 10.3 Å². The largest absolute Gasteiger partial charge is 0.505 e. The summed E-state index contributed by atoms with van der Waals surface area (Å²) in [5, 5.41) is 12.5. The predicted octanol–water partition coefficient (Wildman–Crippen LogP) is 2.10. The summed E-state index contributed by atoms with van der Waals surface area (Å²) in [6.45, 7) is 2.24. The van der Waals surface area contributed by atoms with E-state index in [2.05, 4.69) is 17.2 Å². The van der Waals surface area contributed by atoms with Crippen LogP contribution in [0.25, 0.3) is 0 Å². The summed E-state index contributed by atoms with van der Waals surface area (Å²) >= 11 is 0. The van der Waals surface area contributed by atoms with Crippen molar-refractivity contribution in [2.45, 2.75) is 38.6 Å². The Kier molecular flexibility index (Phi) is 3.61. The topological polar surface area (TPSA) is 62.2 Å². The number of carbonyl (C=O) groups is 1. The fourth-order valence-electron chi connectivity index (χ4n) is 2.23. The Balaban J connectivity index is 1.96. The number of amides is 1. The standard InChI is InChI=1S/C13H18N2O2/c1-9-4-6-10(7-5-9)15-13(17)12-11(16)3-2-8-14-12/h2-3,8-10,16H,4-7H2,1H3,(H,15,17). The molecule has 0 spiro atoms. The molecule has 0 atom stereocenters. The van der Waals surface area contributed by atoms with Gasteiger partial charge in [0.25, 0.3) is 5.91 Å². The number of nitrogens with zero attached hydrogens (tertiary/aromatic N) is 1. The SMILES string of the molecule is CC1CCC(NC(=O)c2ncccc2O)CC1. The molecule has 2 N–H and O–H groups in total. The average molecular weight is 234 g/mol. The van der Waals surface area contributed by atoms with Crippen LogP contribution in [-0.2, 0) is 0 Å². The number of hydrogen-bond acceptors (Lipinski definition) is 3. The summed E-state index contributed by atoms with van der Waals surface area (Å²) in [4.78, 5) is 15.8. The van der Waals surface area contributed by atoms with Gasteiger partial charge in [0.1, 0.15) is 5.75 Å². The van der Waals surface area contributed by atoms with E-state index in [0.717, 1.165) is 31.6 Å². The highest BCUT2D eigenvalue weighted by molar-refractivity contribution is 5.94. The maximum Gasteiger partial charge on any atom is 0.273 e. The number of nitrogens with one attached hydrogen (secondary N) is 1. The summed E-state index contributed by atoms with van der Waals surface area (Å²) in [6, 6.07) is 3.30. The molecule has 17 heavy (non-hydrogen) atoms. The maximum absolute atomic E-state index is 11.9. The van der Waals surface area contributed by atoms with Crippen molar-refractivity contribution in [2.24, 2.45) is 5.92 Å². The van der Waals surface area contributed by atoms with Crippen LogP contribution in [0.3, 0.4) is 0 Å². The van der Waals surface area contributed by atoms with Gasteiger partial charge in [0.2, 0.25) is 0 Å². The molecule has 1 heterocycles. The minimum absolute atomic E-state index is 0.0609. The average Bonchev–Trinajstić information content (AvgIpc) is 2.32. The molecule has 0 bridgehead atoms. The van der Waals surface area contributed by atoms with Crippen LogP contribution in [0.5, 0.6) is 5.75 Å². The second-order valence-electron chi connectivity index (χ2n) is 4.80. The molecular formula is C13H18N2O2. The third kappa shape index (κ3) is 2.96. The van der Waals surface area contributed by atoms with Crippen LogP contribution in [0, 0.1) is 5.92 Å². The van der Waals surface area contributed by atoms with Crippen LogP contribution in [0.15, 0.2) is 18.3 Å². The van der Waals surface area contributed by atoms with Gasteiger partial charge in [-0.3, -0.25) is 4.79 Å². The van der Waals surface area contributed by atoms with Gasteiger partial charge in [0.05, 0.1) is 0 Å². The Morgan fingerprint density at radius 1 is 1.41 bits per heavy atom. The van der Waals surface area contributed by atoms with Crippen LogP contribution in [0.2, 0.25) is 0 Å². The van der Waals surface area contributed by atoms with Crippen LogP contribution in [0.4, 0.5) is 0 Å². The molecule has 1 fully saturated rings. The molecule has 92 valence electrons. The Hall–Kier alpha value is -1.58. The molecule has 1 aliphatic rings. The number of aromatic hydroxyl groups is 1. The highest BCUT2D eigenvalue weighted by Gasteiger charge is 2.21. The van der Waals surface area contributed by atoms with E-state index in [9.17, 15) is 9.90 Å². The molecular weight excluding hydrogens is 216 g/mol. The van der Waals surface area contributed by atoms with Crippen molar-refractivity contribution >= 4 is 5.91 Å². The summed E-state index contributed by atoms with van der Waals surface area (Å²) in [7, 11) is 0. The van der Waals surface area contributed by atoms with Gasteiger partial charge in [-0.05, 0) is 43.7 Å². The Bertz CT molecular complexity index is 398. The van der Waals surface area contributed by atoms with Gasteiger partial charge in [-0.25, -0.2) is 4.98 Å². The fraction of sp³-hybridized carbons (Fsp3) is 0.538. The first-order valence-corrected chi connectivity index (χ1v) is 6.11. The minimum Gasteiger partial charge on any atom is -0.505 e. The molecule has 4 nitrogen and oxygen atoms in total. The Morgan fingerprint density at radius 3 is 2.76 bits per heavy atom. The number of rotatable bonds is 2. The highest BCUT2D eigenvalue weighted by atomic mass is 16.3. The molecule has 0 saturated heterocycles. The first kappa shape index (κ1) is 11.9. The van der Waals surface area contributed by atoms with Gasteiger partial charge in [0.15, 0.2) is 5.69 Å². The van der Waals surface area contributed by atoms with Crippen molar-refractivity contribution in [3.63, 3.8) is 0 Å². The molecule has 2 rings (SSSR count). The molecule has 1 saturated carbocycles. The van der Waals surface area contributed by atoms with Crippen molar-refractivity contribution < 1.29 is 9.90 Å². The smallest absolute Gasteiger partial charge is 0.273 e. The molecule has 0 radical (unpaired) electrons. The lowest BCUT2D eigenvalue weighted by atomic mass is 9.87. The monoisotopic (exact) mass is 234 g/mol. The van der Waals surface area contributed by atoms with Gasteiger partial charge in [-0.15, -0.1) is 0 Å². The van der Waals surface area contributed by atoms with Crippen LogP contribution in [0.1, 0.15) is 43.1 Å². The number of carbonyl (C=O) groups excluding carboxylic acids is 1. The summed E-state index contributed by atoms with van der Waals surface area (Å²) in [5.41, 5.74) is 0.117. The quantitative estimate of drug-likeness (QED) is 0.823. The lowest BCUT2D eigenvalue weighted by molar-refractivity contribution is 0.0915. The van der Waals surface area contributed by atoms with Crippen molar-refractivity contribution in [2.75, 3.05) is 0 Å². The number of pyridine rings is 1. The number of hydrogen-bond donors (Lipinski definition) is 2. The fourth-order valence-corrected chi connectivity index (χ4v) is 2.23. The van der Waals surface area contributed by atoms with E-state index in [0.29, 0.717) is 0 Å². The Morgan fingerprint density at radius 2 is 2.12 bits per heavy atom. The van der Waals surface area contributed by atoms with Crippen molar-refractivity contribution in [3.05, 3.63) is 24.0 Å². The predicted molar refractivity (Wildman–Crippen MR) is 64.8 cm³/mol. The minimum atomic E-state index is -0.275. The zero-order chi connectivity index (χ0) is 12.3. The summed E-state index contributed by atoms with van der Waals surface area (Å²) in [6.07, 6.45) is 5.84. The molecule has 1 aromatic rings.